The number of hydrogen-bond acceptors (Lipinski definition) is 6. The minimum absolute atomic E-state index is 0.139. The summed E-state index contributed by atoms with van der Waals surface area (Å²) in [5.41, 5.74) is 0. The van der Waals surface area contributed by atoms with Crippen molar-refractivity contribution < 1.29 is 59.4 Å². The molecule has 0 aromatic rings. The molecule has 12 nitrogen and oxygen atoms in total. The van der Waals surface area contributed by atoms with Crippen molar-refractivity contribution in [2.75, 3.05) is 0 Å². The Kier molecular flexibility index (Phi) is 26.2. The molecule has 0 bridgehead atoms. The highest BCUT2D eigenvalue weighted by Crippen LogP contribution is 2.03. The number of rotatable bonds is 18. The van der Waals surface area contributed by atoms with E-state index in [1.165, 1.54) is 0 Å². The van der Waals surface area contributed by atoms with Crippen LogP contribution in [0, 0.1) is 0 Å². The molecule has 0 aliphatic carbocycles. The molecule has 0 radical (unpaired) electrons. The van der Waals surface area contributed by atoms with Crippen LogP contribution in [0.5, 0.6) is 0 Å². The fourth-order valence-electron chi connectivity index (χ4n) is 2.19. The van der Waals surface area contributed by atoms with E-state index in [0.29, 0.717) is 57.8 Å². The third kappa shape index (κ3) is 47.8. The number of carbonyl (C=O) groups is 6. The van der Waals surface area contributed by atoms with E-state index in [1.807, 2.05) is 0 Å². The maximum atomic E-state index is 9.98. The first-order valence-electron chi connectivity index (χ1n) is 10.7. The molecule has 0 heterocycles. The van der Waals surface area contributed by atoms with Crippen LogP contribution in [-0.2, 0) is 28.8 Å². The van der Waals surface area contributed by atoms with Gasteiger partial charge in [0.2, 0.25) is 0 Å². The highest BCUT2D eigenvalue weighted by molar-refractivity contribution is 5.68. The third-order valence-corrected chi connectivity index (χ3v) is 3.84. The van der Waals surface area contributed by atoms with Gasteiger partial charge >= 0.3 is 35.8 Å². The summed E-state index contributed by atoms with van der Waals surface area (Å²) in [6, 6.07) is 0. The van der Waals surface area contributed by atoms with Crippen molar-refractivity contribution in [3.05, 3.63) is 0 Å². The SMILES string of the molecule is O=C(O)CCCCCC(=O)O.O=C(O)CCCCCC(=O)O.O=C(O)CCCCCC(=O)O. The van der Waals surface area contributed by atoms with Gasteiger partial charge in [-0.1, -0.05) is 19.3 Å². The second-order valence-corrected chi connectivity index (χ2v) is 7.04. The summed E-state index contributed by atoms with van der Waals surface area (Å²) >= 11 is 0. The second kappa shape index (κ2) is 25.1. The molecule has 0 aliphatic heterocycles. The van der Waals surface area contributed by atoms with E-state index in [-0.39, 0.29) is 38.5 Å². The Morgan fingerprint density at radius 1 is 0.273 bits per heavy atom. The molecular weight excluding hydrogens is 444 g/mol. The van der Waals surface area contributed by atoms with Crippen LogP contribution in [0.2, 0.25) is 0 Å². The van der Waals surface area contributed by atoms with Crippen molar-refractivity contribution in [3.63, 3.8) is 0 Å². The van der Waals surface area contributed by atoms with Crippen LogP contribution >= 0.6 is 0 Å². The molecule has 0 aromatic carbocycles. The largest absolute Gasteiger partial charge is 0.481 e. The zero-order chi connectivity index (χ0) is 26.1. The molecule has 0 spiro atoms. The number of carboxylic acids is 6. The van der Waals surface area contributed by atoms with Gasteiger partial charge in [0.05, 0.1) is 0 Å². The van der Waals surface area contributed by atoms with Crippen LogP contribution in [-0.4, -0.2) is 66.5 Å². The molecule has 0 saturated heterocycles. The maximum Gasteiger partial charge on any atom is 0.303 e. The van der Waals surface area contributed by atoms with Gasteiger partial charge in [-0.2, -0.15) is 0 Å². The quantitative estimate of drug-likeness (QED) is 0.155. The topological polar surface area (TPSA) is 224 Å². The molecule has 0 aliphatic rings. The summed E-state index contributed by atoms with van der Waals surface area (Å²) < 4.78 is 0. The highest BCUT2D eigenvalue weighted by atomic mass is 16.4. The van der Waals surface area contributed by atoms with E-state index in [2.05, 4.69) is 0 Å². The molecule has 192 valence electrons. The van der Waals surface area contributed by atoms with E-state index in [9.17, 15) is 28.8 Å². The van der Waals surface area contributed by atoms with Gasteiger partial charge in [0.25, 0.3) is 0 Å². The lowest BCUT2D eigenvalue weighted by atomic mass is 10.1. The van der Waals surface area contributed by atoms with Gasteiger partial charge < -0.3 is 30.6 Å². The molecule has 0 fully saturated rings. The lowest BCUT2D eigenvalue weighted by Gasteiger charge is -1.94. The predicted octanol–water partition coefficient (Wildman–Crippen LogP) is 3.32. The third-order valence-electron chi connectivity index (χ3n) is 3.84. The Morgan fingerprint density at radius 3 is 0.485 bits per heavy atom. The van der Waals surface area contributed by atoms with Gasteiger partial charge in [-0.25, -0.2) is 0 Å². The van der Waals surface area contributed by atoms with Gasteiger partial charge in [0.15, 0.2) is 0 Å². The summed E-state index contributed by atoms with van der Waals surface area (Å²) in [6.45, 7) is 0. The molecule has 0 unspecified atom stereocenters. The number of hydrogen-bond donors (Lipinski definition) is 6. The minimum Gasteiger partial charge on any atom is -0.481 e. The Labute approximate surface area is 192 Å². The smallest absolute Gasteiger partial charge is 0.303 e. The van der Waals surface area contributed by atoms with Crippen LogP contribution < -0.4 is 0 Å². The fraction of sp³-hybridized carbons (Fsp3) is 0.714. The molecule has 12 heteroatoms. The van der Waals surface area contributed by atoms with Gasteiger partial charge in [-0.3, -0.25) is 28.8 Å². The highest BCUT2D eigenvalue weighted by Gasteiger charge is 2.00. The summed E-state index contributed by atoms with van der Waals surface area (Å²) in [5.74, 6) is -4.91. The summed E-state index contributed by atoms with van der Waals surface area (Å²) in [4.78, 5) is 59.9. The molecule has 33 heavy (non-hydrogen) atoms. The van der Waals surface area contributed by atoms with Crippen LogP contribution in [0.4, 0.5) is 0 Å². The van der Waals surface area contributed by atoms with E-state index in [0.717, 1.165) is 0 Å². The van der Waals surface area contributed by atoms with Gasteiger partial charge in [0, 0.05) is 38.5 Å². The number of unbranched alkanes of at least 4 members (excludes halogenated alkanes) is 6. The van der Waals surface area contributed by atoms with Crippen molar-refractivity contribution in [2.24, 2.45) is 0 Å². The first-order chi connectivity index (χ1) is 15.4. The summed E-state index contributed by atoms with van der Waals surface area (Å²) in [6.07, 6.45) is 6.30. The molecule has 0 atom stereocenters. The zero-order valence-electron chi connectivity index (χ0n) is 18.7. The number of carboxylic acid groups (broad SMARTS) is 6. The van der Waals surface area contributed by atoms with Crippen molar-refractivity contribution in [2.45, 2.75) is 96.3 Å². The Balaban J connectivity index is -0.000000409. The number of aliphatic carboxylic acids is 6. The summed E-state index contributed by atoms with van der Waals surface area (Å²) in [7, 11) is 0. The summed E-state index contributed by atoms with van der Waals surface area (Å²) in [5, 5.41) is 49.2. The van der Waals surface area contributed by atoms with Crippen molar-refractivity contribution in [1.82, 2.24) is 0 Å². The first-order valence-corrected chi connectivity index (χ1v) is 10.7. The Hall–Kier alpha value is -3.18. The van der Waals surface area contributed by atoms with E-state index in [1.54, 1.807) is 0 Å². The standard InChI is InChI=1S/3C7H12O4/c3*8-6(9)4-2-1-3-5-7(10)11/h3*1-5H2,(H,8,9)(H,10,11). The zero-order valence-corrected chi connectivity index (χ0v) is 18.7. The van der Waals surface area contributed by atoms with Gasteiger partial charge in [-0.15, -0.1) is 0 Å². The minimum atomic E-state index is -0.819. The molecular formula is C21H36O12. The molecule has 0 rings (SSSR count). The fourth-order valence-corrected chi connectivity index (χ4v) is 2.19. The van der Waals surface area contributed by atoms with Gasteiger partial charge in [0.1, 0.15) is 0 Å². The van der Waals surface area contributed by atoms with Crippen LogP contribution in [0.15, 0.2) is 0 Å². The monoisotopic (exact) mass is 480 g/mol. The Morgan fingerprint density at radius 2 is 0.394 bits per heavy atom. The Bertz CT molecular complexity index is 457. The average molecular weight is 481 g/mol. The second-order valence-electron chi connectivity index (χ2n) is 7.04. The van der Waals surface area contributed by atoms with E-state index in [4.69, 9.17) is 30.6 Å². The van der Waals surface area contributed by atoms with Crippen LogP contribution in [0.3, 0.4) is 0 Å². The normalized spacial score (nSPS) is 9.45. The lowest BCUT2D eigenvalue weighted by Crippen LogP contribution is -1.96. The predicted molar refractivity (Wildman–Crippen MR) is 115 cm³/mol. The van der Waals surface area contributed by atoms with E-state index < -0.39 is 35.8 Å². The molecule has 0 aromatic heterocycles. The molecule has 0 saturated carbocycles. The van der Waals surface area contributed by atoms with Crippen molar-refractivity contribution in [3.8, 4) is 0 Å². The molecule has 0 amide bonds. The van der Waals surface area contributed by atoms with Crippen molar-refractivity contribution in [1.29, 1.82) is 0 Å². The first kappa shape index (κ1) is 34.4. The van der Waals surface area contributed by atoms with E-state index >= 15 is 0 Å². The average Bonchev–Trinajstić information content (AvgIpc) is 2.67. The van der Waals surface area contributed by atoms with Crippen LogP contribution in [0.25, 0.3) is 0 Å². The lowest BCUT2D eigenvalue weighted by molar-refractivity contribution is -0.138. The van der Waals surface area contributed by atoms with Crippen molar-refractivity contribution >= 4 is 35.8 Å². The van der Waals surface area contributed by atoms with Crippen LogP contribution in [0.1, 0.15) is 96.3 Å². The maximum absolute atomic E-state index is 9.98. The molecule has 6 N–H and O–H groups in total. The van der Waals surface area contributed by atoms with Gasteiger partial charge in [-0.05, 0) is 38.5 Å².